The van der Waals surface area contributed by atoms with E-state index in [0.717, 1.165) is 21.6 Å². The van der Waals surface area contributed by atoms with E-state index in [1.807, 2.05) is 50.2 Å². The van der Waals surface area contributed by atoms with Crippen LogP contribution in [0.4, 0.5) is 0 Å². The van der Waals surface area contributed by atoms with E-state index in [0.29, 0.717) is 18.9 Å². The van der Waals surface area contributed by atoms with Gasteiger partial charge in [0.25, 0.3) is 0 Å². The van der Waals surface area contributed by atoms with Crippen LogP contribution in [0.25, 0.3) is 11.3 Å². The van der Waals surface area contributed by atoms with Crippen molar-refractivity contribution >= 4 is 21.9 Å². The largest absolute Gasteiger partial charge is 0.480 e. The van der Waals surface area contributed by atoms with Crippen LogP contribution in [0.3, 0.4) is 0 Å². The lowest BCUT2D eigenvalue weighted by molar-refractivity contribution is -0.140. The first kappa shape index (κ1) is 16.8. The van der Waals surface area contributed by atoms with E-state index in [-0.39, 0.29) is 0 Å². The highest BCUT2D eigenvalue weighted by Crippen LogP contribution is 2.25. The summed E-state index contributed by atoms with van der Waals surface area (Å²) in [4.78, 5) is 11.2. The quantitative estimate of drug-likeness (QED) is 0.767. The van der Waals surface area contributed by atoms with Gasteiger partial charge in [-0.2, -0.15) is 0 Å². The molecule has 2 N–H and O–H groups in total. The molecule has 5 heteroatoms. The van der Waals surface area contributed by atoms with Gasteiger partial charge in [-0.1, -0.05) is 41.9 Å². The number of rotatable bonds is 7. The number of nitrogens with one attached hydrogen (secondary N) is 1. The first-order chi connectivity index (χ1) is 10.5. The molecule has 0 unspecified atom stereocenters. The number of halogens is 1. The number of hydrogen-bond donors (Lipinski definition) is 2. The summed E-state index contributed by atoms with van der Waals surface area (Å²) < 4.78 is 6.77. The predicted molar refractivity (Wildman–Crippen MR) is 89.6 cm³/mol. The van der Waals surface area contributed by atoms with Gasteiger partial charge in [0, 0.05) is 10.0 Å². The van der Waals surface area contributed by atoms with Gasteiger partial charge in [0.05, 0.1) is 6.54 Å². The van der Waals surface area contributed by atoms with Gasteiger partial charge in [0.2, 0.25) is 0 Å². The zero-order valence-electron chi connectivity index (χ0n) is 12.7. The fourth-order valence-electron chi connectivity index (χ4n) is 2.24. The zero-order valence-corrected chi connectivity index (χ0v) is 14.3. The Hall–Kier alpha value is -1.59. The summed E-state index contributed by atoms with van der Waals surface area (Å²) in [7, 11) is 0. The third-order valence-corrected chi connectivity index (χ3v) is 3.79. The summed E-state index contributed by atoms with van der Waals surface area (Å²) in [5.74, 6) is 0.994. The molecule has 22 heavy (non-hydrogen) atoms. The van der Waals surface area contributed by atoms with Gasteiger partial charge in [0.15, 0.2) is 0 Å². The van der Waals surface area contributed by atoms with Crippen molar-refractivity contribution in [3.05, 3.63) is 46.6 Å². The van der Waals surface area contributed by atoms with Gasteiger partial charge < -0.3 is 9.52 Å². The maximum absolute atomic E-state index is 11.2. The molecular formula is C17H20BrNO3. The zero-order chi connectivity index (χ0) is 16.1. The molecule has 4 nitrogen and oxygen atoms in total. The summed E-state index contributed by atoms with van der Waals surface area (Å²) in [6, 6.07) is 11.1. The fraction of sp³-hybridized carbons (Fsp3) is 0.353. The average molecular weight is 366 g/mol. The van der Waals surface area contributed by atoms with Gasteiger partial charge in [-0.25, -0.2) is 0 Å². The Morgan fingerprint density at radius 2 is 2.09 bits per heavy atom. The number of benzene rings is 1. The lowest BCUT2D eigenvalue weighted by Gasteiger charge is -2.15. The van der Waals surface area contributed by atoms with Gasteiger partial charge in [0.1, 0.15) is 17.6 Å². The molecule has 0 aliphatic rings. The molecule has 0 aliphatic carbocycles. The second-order valence-corrected chi connectivity index (χ2v) is 6.59. The third kappa shape index (κ3) is 4.71. The minimum atomic E-state index is -0.826. The monoisotopic (exact) mass is 365 g/mol. The average Bonchev–Trinajstić information content (AvgIpc) is 2.91. The molecule has 118 valence electrons. The van der Waals surface area contributed by atoms with E-state index in [4.69, 9.17) is 4.42 Å². The number of carbonyl (C=O) groups is 1. The topological polar surface area (TPSA) is 62.5 Å². The lowest BCUT2D eigenvalue weighted by atomic mass is 10.0. The van der Waals surface area contributed by atoms with Crippen LogP contribution in [0.5, 0.6) is 0 Å². The third-order valence-electron chi connectivity index (χ3n) is 3.30. The van der Waals surface area contributed by atoms with Crippen molar-refractivity contribution in [1.82, 2.24) is 5.32 Å². The molecule has 0 amide bonds. The maximum atomic E-state index is 11.2. The second kappa shape index (κ2) is 7.61. The van der Waals surface area contributed by atoms with E-state index < -0.39 is 12.0 Å². The van der Waals surface area contributed by atoms with Crippen LogP contribution in [0, 0.1) is 5.92 Å². The fourth-order valence-corrected chi connectivity index (χ4v) is 2.64. The van der Waals surface area contributed by atoms with Gasteiger partial charge in [-0.15, -0.1) is 0 Å². The molecule has 0 fully saturated rings. The molecule has 0 saturated carbocycles. The number of furan rings is 1. The molecule has 1 heterocycles. The molecular weight excluding hydrogens is 346 g/mol. The van der Waals surface area contributed by atoms with Crippen LogP contribution in [-0.2, 0) is 11.3 Å². The SMILES string of the molecule is CC(C)C[C@H](NCc1ccc(-c2cccc(Br)c2)o1)C(=O)O. The molecule has 0 bridgehead atoms. The Labute approximate surface area is 138 Å². The molecule has 0 spiro atoms. The van der Waals surface area contributed by atoms with Crippen molar-refractivity contribution in [3.63, 3.8) is 0 Å². The summed E-state index contributed by atoms with van der Waals surface area (Å²) in [5, 5.41) is 12.3. The van der Waals surface area contributed by atoms with E-state index in [1.54, 1.807) is 0 Å². The lowest BCUT2D eigenvalue weighted by Crippen LogP contribution is -2.37. The molecule has 1 aromatic heterocycles. The number of hydrogen-bond acceptors (Lipinski definition) is 3. The van der Waals surface area contributed by atoms with Crippen LogP contribution in [0.1, 0.15) is 26.0 Å². The van der Waals surface area contributed by atoms with E-state index in [2.05, 4.69) is 21.2 Å². The van der Waals surface area contributed by atoms with Gasteiger partial charge >= 0.3 is 5.97 Å². The molecule has 0 radical (unpaired) electrons. The summed E-state index contributed by atoms with van der Waals surface area (Å²) in [5.41, 5.74) is 0.984. The van der Waals surface area contributed by atoms with Crippen LogP contribution < -0.4 is 5.32 Å². The molecule has 2 rings (SSSR count). The van der Waals surface area contributed by atoms with Gasteiger partial charge in [-0.3, -0.25) is 10.1 Å². The van der Waals surface area contributed by atoms with Crippen molar-refractivity contribution in [2.45, 2.75) is 32.9 Å². The Morgan fingerprint density at radius 1 is 1.32 bits per heavy atom. The first-order valence-corrected chi connectivity index (χ1v) is 8.06. The summed E-state index contributed by atoms with van der Waals surface area (Å²) in [6.45, 7) is 4.42. The molecule has 1 aromatic carbocycles. The van der Waals surface area contributed by atoms with Crippen molar-refractivity contribution in [1.29, 1.82) is 0 Å². The minimum Gasteiger partial charge on any atom is -0.480 e. The van der Waals surface area contributed by atoms with Crippen molar-refractivity contribution < 1.29 is 14.3 Å². The Bertz CT molecular complexity index is 636. The van der Waals surface area contributed by atoms with Crippen LogP contribution in [0.2, 0.25) is 0 Å². The standard InChI is InChI=1S/C17H20BrNO3/c1-11(2)8-15(17(20)21)19-10-14-6-7-16(22-14)12-4-3-5-13(18)9-12/h3-7,9,11,15,19H,8,10H2,1-2H3,(H,20,21)/t15-/m0/s1. The molecule has 1 atom stereocenters. The highest BCUT2D eigenvalue weighted by atomic mass is 79.9. The highest BCUT2D eigenvalue weighted by Gasteiger charge is 2.18. The number of carboxylic acid groups (broad SMARTS) is 1. The van der Waals surface area contributed by atoms with E-state index >= 15 is 0 Å². The van der Waals surface area contributed by atoms with Crippen molar-refractivity contribution in [2.75, 3.05) is 0 Å². The van der Waals surface area contributed by atoms with Crippen molar-refractivity contribution in [2.24, 2.45) is 5.92 Å². The summed E-state index contributed by atoms with van der Waals surface area (Å²) in [6.07, 6.45) is 0.592. The predicted octanol–water partition coefficient (Wildman–Crippen LogP) is 4.30. The normalized spacial score (nSPS) is 12.5. The number of aliphatic carboxylic acids is 1. The van der Waals surface area contributed by atoms with Crippen LogP contribution in [0.15, 0.2) is 45.3 Å². The highest BCUT2D eigenvalue weighted by molar-refractivity contribution is 9.10. The van der Waals surface area contributed by atoms with Crippen LogP contribution >= 0.6 is 15.9 Å². The molecule has 2 aromatic rings. The Morgan fingerprint density at radius 3 is 2.73 bits per heavy atom. The minimum absolute atomic E-state index is 0.322. The molecule has 0 aliphatic heterocycles. The van der Waals surface area contributed by atoms with E-state index in [1.165, 1.54) is 0 Å². The number of carboxylic acids is 1. The van der Waals surface area contributed by atoms with Gasteiger partial charge in [-0.05, 0) is 36.6 Å². The second-order valence-electron chi connectivity index (χ2n) is 5.68. The first-order valence-electron chi connectivity index (χ1n) is 7.26. The summed E-state index contributed by atoms with van der Waals surface area (Å²) >= 11 is 3.44. The smallest absolute Gasteiger partial charge is 0.320 e. The van der Waals surface area contributed by atoms with Crippen LogP contribution in [-0.4, -0.2) is 17.1 Å². The van der Waals surface area contributed by atoms with E-state index in [9.17, 15) is 9.90 Å². The Balaban J connectivity index is 2.01. The van der Waals surface area contributed by atoms with Crippen molar-refractivity contribution in [3.8, 4) is 11.3 Å². The maximum Gasteiger partial charge on any atom is 0.320 e. The Kier molecular flexibility index (Phi) is 5.80. The molecule has 0 saturated heterocycles.